The number of benzene rings is 1. The number of anilines is 1. The van der Waals surface area contributed by atoms with Crippen molar-refractivity contribution in [1.82, 2.24) is 15.2 Å². The first kappa shape index (κ1) is 16.7. The van der Waals surface area contributed by atoms with Crippen molar-refractivity contribution in [3.05, 3.63) is 59.2 Å². The highest BCUT2D eigenvalue weighted by Crippen LogP contribution is 2.27. The number of aryl methyl sites for hydroxylation is 1. The van der Waals surface area contributed by atoms with Gasteiger partial charge in [-0.1, -0.05) is 0 Å². The number of carbonyl (C=O) groups is 2. The summed E-state index contributed by atoms with van der Waals surface area (Å²) in [5.41, 5.74) is 2.38. The van der Waals surface area contributed by atoms with Gasteiger partial charge in [-0.25, -0.2) is 4.39 Å². The van der Waals surface area contributed by atoms with Gasteiger partial charge in [-0.2, -0.15) is 0 Å². The predicted octanol–water partition coefficient (Wildman–Crippen LogP) is 1.89. The lowest BCUT2D eigenvalue weighted by Gasteiger charge is -2.34. The average molecular weight is 354 g/mol. The second-order valence-electron chi connectivity index (χ2n) is 6.58. The van der Waals surface area contributed by atoms with Crippen LogP contribution in [0.4, 0.5) is 10.1 Å². The molecule has 26 heavy (non-hydrogen) atoms. The van der Waals surface area contributed by atoms with Gasteiger partial charge in [0.15, 0.2) is 0 Å². The lowest BCUT2D eigenvalue weighted by Crippen LogP contribution is -2.48. The highest BCUT2D eigenvalue weighted by atomic mass is 19.1. The summed E-state index contributed by atoms with van der Waals surface area (Å²) in [5.74, 6) is -1.05. The van der Waals surface area contributed by atoms with Crippen LogP contribution in [0.3, 0.4) is 0 Å². The maximum absolute atomic E-state index is 14.5. The molecule has 1 saturated heterocycles. The molecule has 1 aromatic carbocycles. The number of aromatic nitrogens is 1. The van der Waals surface area contributed by atoms with Crippen molar-refractivity contribution in [3.63, 3.8) is 0 Å². The van der Waals surface area contributed by atoms with Crippen molar-refractivity contribution < 1.29 is 14.0 Å². The zero-order chi connectivity index (χ0) is 18.1. The van der Waals surface area contributed by atoms with Crippen LogP contribution in [0, 0.1) is 5.82 Å². The second kappa shape index (κ2) is 6.84. The van der Waals surface area contributed by atoms with Gasteiger partial charge < -0.3 is 15.5 Å². The maximum atomic E-state index is 14.5. The summed E-state index contributed by atoms with van der Waals surface area (Å²) in [6, 6.07) is 6.65. The Balaban J connectivity index is 1.56. The molecule has 0 radical (unpaired) electrons. The van der Waals surface area contributed by atoms with Crippen molar-refractivity contribution >= 4 is 17.5 Å². The molecule has 2 amide bonds. The third-order valence-corrected chi connectivity index (χ3v) is 4.89. The SMILES string of the molecule is O=C1CCc2cc(C(=O)N3CCNC(c4ccncc4)C3)c(F)cc2N1. The van der Waals surface area contributed by atoms with E-state index in [1.54, 1.807) is 23.4 Å². The van der Waals surface area contributed by atoms with E-state index in [2.05, 4.69) is 15.6 Å². The van der Waals surface area contributed by atoms with Crippen LogP contribution < -0.4 is 10.6 Å². The fraction of sp³-hybridized carbons (Fsp3) is 0.316. The Labute approximate surface area is 150 Å². The smallest absolute Gasteiger partial charge is 0.256 e. The first-order valence-electron chi connectivity index (χ1n) is 8.66. The Kier molecular flexibility index (Phi) is 4.38. The molecule has 1 atom stereocenters. The Morgan fingerprint density at radius 3 is 2.85 bits per heavy atom. The molecular formula is C19H19FN4O2. The minimum Gasteiger partial charge on any atom is -0.335 e. The lowest BCUT2D eigenvalue weighted by molar-refractivity contribution is -0.116. The number of piperazine rings is 1. The quantitative estimate of drug-likeness (QED) is 0.864. The summed E-state index contributed by atoms with van der Waals surface area (Å²) in [4.78, 5) is 30.0. The first-order chi connectivity index (χ1) is 12.6. The minimum atomic E-state index is -0.602. The third-order valence-electron chi connectivity index (χ3n) is 4.89. The highest BCUT2D eigenvalue weighted by molar-refractivity contribution is 5.98. The maximum Gasteiger partial charge on any atom is 0.256 e. The Morgan fingerprint density at radius 1 is 1.23 bits per heavy atom. The van der Waals surface area contributed by atoms with Crippen molar-refractivity contribution in [2.75, 3.05) is 25.0 Å². The van der Waals surface area contributed by atoms with E-state index >= 15 is 0 Å². The first-order valence-corrected chi connectivity index (χ1v) is 8.66. The van der Waals surface area contributed by atoms with E-state index in [-0.39, 0.29) is 23.4 Å². The van der Waals surface area contributed by atoms with Crippen LogP contribution in [0.1, 0.15) is 33.9 Å². The van der Waals surface area contributed by atoms with E-state index in [0.717, 1.165) is 11.1 Å². The van der Waals surface area contributed by atoms with Gasteiger partial charge in [-0.05, 0) is 41.8 Å². The average Bonchev–Trinajstić information content (AvgIpc) is 2.67. The fourth-order valence-electron chi connectivity index (χ4n) is 3.49. The largest absolute Gasteiger partial charge is 0.335 e. The molecule has 4 rings (SSSR count). The van der Waals surface area contributed by atoms with Gasteiger partial charge in [0, 0.05) is 44.1 Å². The summed E-state index contributed by atoms with van der Waals surface area (Å²) in [6.07, 6.45) is 4.30. The van der Waals surface area contributed by atoms with Crippen LogP contribution in [0.5, 0.6) is 0 Å². The molecule has 0 aliphatic carbocycles. The highest BCUT2D eigenvalue weighted by Gasteiger charge is 2.28. The summed E-state index contributed by atoms with van der Waals surface area (Å²) in [5, 5.41) is 6.03. The molecular weight excluding hydrogens is 335 g/mol. The number of hydrogen-bond donors (Lipinski definition) is 2. The second-order valence-corrected chi connectivity index (χ2v) is 6.58. The standard InChI is InChI=1S/C19H19FN4O2/c20-15-10-16-13(1-2-18(25)23-16)9-14(15)19(26)24-8-7-22-17(11-24)12-3-5-21-6-4-12/h3-6,9-10,17,22H,1-2,7-8,11H2,(H,23,25). The zero-order valence-corrected chi connectivity index (χ0v) is 14.2. The molecule has 1 aromatic heterocycles. The van der Waals surface area contributed by atoms with Gasteiger partial charge >= 0.3 is 0 Å². The van der Waals surface area contributed by atoms with E-state index in [1.165, 1.54) is 6.07 Å². The number of pyridine rings is 1. The van der Waals surface area contributed by atoms with Gasteiger partial charge in [0.05, 0.1) is 11.6 Å². The minimum absolute atomic E-state index is 0.00400. The molecule has 2 N–H and O–H groups in total. The number of fused-ring (bicyclic) bond motifs is 1. The van der Waals surface area contributed by atoms with Crippen molar-refractivity contribution in [2.45, 2.75) is 18.9 Å². The molecule has 0 saturated carbocycles. The Morgan fingerprint density at radius 2 is 2.04 bits per heavy atom. The van der Waals surface area contributed by atoms with Gasteiger partial charge in [0.2, 0.25) is 5.91 Å². The number of nitrogens with zero attached hydrogens (tertiary/aromatic N) is 2. The van der Waals surface area contributed by atoms with Gasteiger partial charge in [0.1, 0.15) is 5.82 Å². The topological polar surface area (TPSA) is 74.3 Å². The van der Waals surface area contributed by atoms with Crippen LogP contribution >= 0.6 is 0 Å². The number of amides is 2. The van der Waals surface area contributed by atoms with Crippen molar-refractivity contribution in [1.29, 1.82) is 0 Å². The van der Waals surface area contributed by atoms with E-state index in [9.17, 15) is 14.0 Å². The van der Waals surface area contributed by atoms with E-state index in [0.29, 0.717) is 38.2 Å². The van der Waals surface area contributed by atoms with E-state index in [4.69, 9.17) is 0 Å². The molecule has 6 nitrogen and oxygen atoms in total. The van der Waals surface area contributed by atoms with Crippen molar-refractivity contribution in [3.8, 4) is 0 Å². The number of nitrogens with one attached hydrogen (secondary N) is 2. The number of rotatable bonds is 2. The fourth-order valence-corrected chi connectivity index (χ4v) is 3.49. The van der Waals surface area contributed by atoms with Gasteiger partial charge in [-0.15, -0.1) is 0 Å². The van der Waals surface area contributed by atoms with Crippen LogP contribution in [0.25, 0.3) is 0 Å². The Hall–Kier alpha value is -2.80. The van der Waals surface area contributed by atoms with Gasteiger partial charge in [0.25, 0.3) is 5.91 Å². The number of hydrogen-bond acceptors (Lipinski definition) is 4. The molecule has 1 fully saturated rings. The summed E-state index contributed by atoms with van der Waals surface area (Å²) in [7, 11) is 0. The van der Waals surface area contributed by atoms with Crippen LogP contribution in [-0.2, 0) is 11.2 Å². The predicted molar refractivity (Wildman–Crippen MR) is 94.2 cm³/mol. The molecule has 2 aliphatic heterocycles. The monoisotopic (exact) mass is 354 g/mol. The molecule has 0 spiro atoms. The van der Waals surface area contributed by atoms with Crippen molar-refractivity contribution in [2.24, 2.45) is 0 Å². The normalized spacial score (nSPS) is 19.7. The van der Waals surface area contributed by atoms with E-state index < -0.39 is 5.82 Å². The summed E-state index contributed by atoms with van der Waals surface area (Å²) in [6.45, 7) is 1.63. The number of carbonyl (C=O) groups excluding carboxylic acids is 2. The van der Waals surface area contributed by atoms with Crippen LogP contribution in [0.2, 0.25) is 0 Å². The zero-order valence-electron chi connectivity index (χ0n) is 14.2. The van der Waals surface area contributed by atoms with Crippen LogP contribution in [0.15, 0.2) is 36.7 Å². The molecule has 2 aliphatic rings. The molecule has 3 heterocycles. The third kappa shape index (κ3) is 3.17. The molecule has 1 unspecified atom stereocenters. The lowest BCUT2D eigenvalue weighted by atomic mass is 9.98. The molecule has 7 heteroatoms. The number of halogens is 1. The Bertz CT molecular complexity index is 856. The molecule has 134 valence electrons. The summed E-state index contributed by atoms with van der Waals surface area (Å²) >= 11 is 0. The summed E-state index contributed by atoms with van der Waals surface area (Å²) < 4.78 is 14.5. The van der Waals surface area contributed by atoms with Crippen LogP contribution in [-0.4, -0.2) is 41.3 Å². The molecule has 2 aromatic rings. The van der Waals surface area contributed by atoms with E-state index in [1.807, 2.05) is 12.1 Å². The molecule has 0 bridgehead atoms. The van der Waals surface area contributed by atoms with Gasteiger partial charge in [-0.3, -0.25) is 14.6 Å².